The van der Waals surface area contributed by atoms with Gasteiger partial charge in [0.25, 0.3) is 0 Å². The summed E-state index contributed by atoms with van der Waals surface area (Å²) >= 11 is 0. The molecule has 0 aliphatic carbocycles. The number of aryl methyl sites for hydroxylation is 1. The van der Waals surface area contributed by atoms with Gasteiger partial charge in [-0.1, -0.05) is 36.8 Å². The molecule has 1 aromatic carbocycles. The lowest BCUT2D eigenvalue weighted by atomic mass is 10.2. The van der Waals surface area contributed by atoms with E-state index in [1.165, 1.54) is 5.56 Å². The van der Waals surface area contributed by atoms with Crippen LogP contribution in [0.2, 0.25) is 0 Å². The summed E-state index contributed by atoms with van der Waals surface area (Å²) in [6.45, 7) is 8.44. The Balaban J connectivity index is 2.18. The molecule has 2 rings (SSSR count). The number of benzene rings is 1. The highest BCUT2D eigenvalue weighted by Crippen LogP contribution is 2.19. The Labute approximate surface area is 161 Å². The first kappa shape index (κ1) is 20.6. The summed E-state index contributed by atoms with van der Waals surface area (Å²) in [5.41, 5.74) is 4.14. The van der Waals surface area contributed by atoms with Crippen LogP contribution in [0.25, 0.3) is 0 Å². The summed E-state index contributed by atoms with van der Waals surface area (Å²) in [4.78, 5) is 10.8. The maximum absolute atomic E-state index is 9.87. The zero-order valence-corrected chi connectivity index (χ0v) is 16.7. The molecule has 7 heteroatoms. The van der Waals surface area contributed by atoms with Gasteiger partial charge in [0, 0.05) is 19.7 Å². The fourth-order valence-electron chi connectivity index (χ4n) is 2.34. The molecule has 0 atom stereocenters. The van der Waals surface area contributed by atoms with Crippen LogP contribution >= 0.6 is 0 Å². The second kappa shape index (κ2) is 9.32. The number of nitrogens with one attached hydrogen (secondary N) is 1. The summed E-state index contributed by atoms with van der Waals surface area (Å²) in [7, 11) is 1.96. The summed E-state index contributed by atoms with van der Waals surface area (Å²) in [6.07, 6.45) is 2.73. The fourth-order valence-corrected chi connectivity index (χ4v) is 2.34. The molecule has 2 aromatic rings. The molecular weight excluding hydrogens is 342 g/mol. The van der Waals surface area contributed by atoms with Gasteiger partial charge in [0.1, 0.15) is 12.4 Å². The number of hydrogen-bond donors (Lipinski definition) is 2. The van der Waals surface area contributed by atoms with E-state index in [1.54, 1.807) is 20.1 Å². The lowest BCUT2D eigenvalue weighted by molar-refractivity contribution is 0.0251. The molecule has 0 aliphatic rings. The first-order valence-corrected chi connectivity index (χ1v) is 9.08. The Morgan fingerprint density at radius 2 is 2.07 bits per heavy atom. The number of hydrazone groups is 1. The van der Waals surface area contributed by atoms with Gasteiger partial charge in [0.2, 0.25) is 0 Å². The van der Waals surface area contributed by atoms with Gasteiger partial charge in [-0.3, -0.25) is 5.43 Å². The Bertz CT molecular complexity index is 771. The lowest BCUT2D eigenvalue weighted by Gasteiger charge is -2.20. The number of ether oxygens (including phenoxy) is 1. The Morgan fingerprint density at radius 1 is 1.30 bits per heavy atom. The quantitative estimate of drug-likeness (QED) is 0.520. The minimum absolute atomic E-state index is 0.0972. The Morgan fingerprint density at radius 3 is 2.74 bits per heavy atom. The van der Waals surface area contributed by atoms with Crippen LogP contribution in [0.3, 0.4) is 0 Å². The van der Waals surface area contributed by atoms with Crippen LogP contribution in [0.4, 0.5) is 11.6 Å². The van der Waals surface area contributed by atoms with Crippen LogP contribution in [0.1, 0.15) is 38.3 Å². The zero-order valence-electron chi connectivity index (χ0n) is 16.7. The van der Waals surface area contributed by atoms with Gasteiger partial charge in [-0.2, -0.15) is 15.1 Å². The van der Waals surface area contributed by atoms with Crippen molar-refractivity contribution < 1.29 is 9.84 Å². The van der Waals surface area contributed by atoms with Gasteiger partial charge < -0.3 is 14.7 Å². The molecule has 2 N–H and O–H groups in total. The van der Waals surface area contributed by atoms with Gasteiger partial charge in [-0.15, -0.1) is 0 Å². The van der Waals surface area contributed by atoms with E-state index >= 15 is 0 Å². The first-order chi connectivity index (χ1) is 12.8. The van der Waals surface area contributed by atoms with E-state index in [-0.39, 0.29) is 12.6 Å². The van der Waals surface area contributed by atoms with Crippen LogP contribution in [0.15, 0.2) is 35.4 Å². The fraction of sp³-hybridized carbons (Fsp3) is 0.450. The maximum atomic E-state index is 9.87. The van der Waals surface area contributed by atoms with Crippen molar-refractivity contribution in [1.82, 2.24) is 9.97 Å². The molecule has 0 fully saturated rings. The highest BCUT2D eigenvalue weighted by atomic mass is 16.5. The van der Waals surface area contributed by atoms with Gasteiger partial charge in [-0.05, 0) is 32.8 Å². The predicted octanol–water partition coefficient (Wildman–Crippen LogP) is 3.23. The van der Waals surface area contributed by atoms with Crippen LogP contribution in [0.5, 0.6) is 6.01 Å². The van der Waals surface area contributed by atoms with Crippen molar-refractivity contribution >= 4 is 17.9 Å². The highest BCUT2D eigenvalue weighted by Gasteiger charge is 2.16. The molecule has 1 aromatic heterocycles. The third-order valence-electron chi connectivity index (χ3n) is 3.63. The van der Waals surface area contributed by atoms with Crippen molar-refractivity contribution in [1.29, 1.82) is 0 Å². The second-order valence-electron chi connectivity index (χ2n) is 7.20. The van der Waals surface area contributed by atoms with E-state index in [0.29, 0.717) is 5.82 Å². The molecule has 146 valence electrons. The van der Waals surface area contributed by atoms with Gasteiger partial charge >= 0.3 is 6.01 Å². The smallest absolute Gasteiger partial charge is 0.320 e. The van der Waals surface area contributed by atoms with Crippen molar-refractivity contribution in [3.05, 3.63) is 41.5 Å². The molecule has 1 heterocycles. The van der Waals surface area contributed by atoms with E-state index in [9.17, 15) is 5.11 Å². The largest absolute Gasteiger partial charge is 0.460 e. The molecule has 0 saturated carbocycles. The molecule has 0 unspecified atom stereocenters. The third kappa shape index (κ3) is 7.22. The average molecular weight is 371 g/mol. The molecular formula is C20H29N5O2. The zero-order chi connectivity index (χ0) is 19.9. The summed E-state index contributed by atoms with van der Waals surface area (Å²) in [5.74, 6) is 1.25. The topological polar surface area (TPSA) is 82.9 Å². The van der Waals surface area contributed by atoms with E-state index in [0.717, 1.165) is 24.3 Å². The monoisotopic (exact) mass is 371 g/mol. The van der Waals surface area contributed by atoms with Crippen LogP contribution < -0.4 is 15.1 Å². The number of hydrogen-bond acceptors (Lipinski definition) is 7. The molecule has 0 saturated heterocycles. The Kier molecular flexibility index (Phi) is 7.12. The summed E-state index contributed by atoms with van der Waals surface area (Å²) in [6, 6.07) is 10.1. The van der Waals surface area contributed by atoms with Crippen LogP contribution in [0, 0.1) is 6.92 Å². The normalized spacial score (nSPS) is 11.6. The van der Waals surface area contributed by atoms with Crippen molar-refractivity contribution in [3.8, 4) is 6.01 Å². The summed E-state index contributed by atoms with van der Waals surface area (Å²) < 4.78 is 5.57. The second-order valence-corrected chi connectivity index (χ2v) is 7.20. The number of anilines is 2. The van der Waals surface area contributed by atoms with Gasteiger partial charge in [0.05, 0.1) is 11.8 Å². The Hall–Kier alpha value is -2.67. The number of nitrogens with zero attached hydrogens (tertiary/aromatic N) is 4. The molecule has 7 nitrogen and oxygen atoms in total. The highest BCUT2D eigenvalue weighted by molar-refractivity contribution is 5.80. The molecule has 0 aliphatic heterocycles. The van der Waals surface area contributed by atoms with Crippen molar-refractivity contribution in [3.63, 3.8) is 0 Å². The van der Waals surface area contributed by atoms with E-state index in [4.69, 9.17) is 4.74 Å². The average Bonchev–Trinajstić information content (AvgIpc) is 2.59. The number of aliphatic hydroxyl groups is 1. The molecule has 0 radical (unpaired) electrons. The third-order valence-corrected chi connectivity index (χ3v) is 3.63. The SMILES string of the molecule is CCCN(C)c1cc(N/N=C/c2cccc(C)c2)nc(OCC(C)(C)O)n1. The summed E-state index contributed by atoms with van der Waals surface area (Å²) in [5, 5.41) is 14.1. The van der Waals surface area contributed by atoms with E-state index < -0.39 is 5.60 Å². The van der Waals surface area contributed by atoms with Gasteiger partial charge in [-0.25, -0.2) is 0 Å². The van der Waals surface area contributed by atoms with Crippen LogP contribution in [-0.2, 0) is 0 Å². The number of aromatic nitrogens is 2. The molecule has 0 spiro atoms. The van der Waals surface area contributed by atoms with Gasteiger partial charge in [0.15, 0.2) is 5.82 Å². The van der Waals surface area contributed by atoms with Crippen molar-refractivity contribution in [2.75, 3.05) is 30.5 Å². The minimum atomic E-state index is -0.967. The first-order valence-electron chi connectivity index (χ1n) is 9.08. The maximum Gasteiger partial charge on any atom is 0.320 e. The predicted molar refractivity (Wildman–Crippen MR) is 110 cm³/mol. The van der Waals surface area contributed by atoms with E-state index in [2.05, 4.69) is 27.4 Å². The van der Waals surface area contributed by atoms with Crippen LogP contribution in [-0.4, -0.2) is 47.1 Å². The number of rotatable bonds is 9. The lowest BCUT2D eigenvalue weighted by Crippen LogP contribution is -2.28. The van der Waals surface area contributed by atoms with Crippen molar-refractivity contribution in [2.45, 2.75) is 39.7 Å². The molecule has 0 amide bonds. The molecule has 27 heavy (non-hydrogen) atoms. The van der Waals surface area contributed by atoms with Crippen molar-refractivity contribution in [2.24, 2.45) is 5.10 Å². The molecule has 0 bridgehead atoms. The standard InChI is InChI=1S/C20H29N5O2/c1-6-10-25(5)18-12-17(22-19(23-18)27-14-20(3,4)26)24-21-13-16-9-7-8-15(2)11-16/h7-9,11-13,26H,6,10,14H2,1-5H3,(H,22,23,24)/b21-13+. The van der Waals surface area contributed by atoms with E-state index in [1.807, 2.05) is 49.2 Å². The minimum Gasteiger partial charge on any atom is -0.460 e.